The van der Waals surface area contributed by atoms with Crippen molar-refractivity contribution in [3.05, 3.63) is 52.5 Å². The highest BCUT2D eigenvalue weighted by atomic mass is 35.5. The number of hydrogen-bond donors (Lipinski definition) is 0. The third kappa shape index (κ3) is 1.31. The van der Waals surface area contributed by atoms with Gasteiger partial charge in [0, 0.05) is 16.1 Å². The number of carbonyl (C=O) groups excluding carboxylic acids is 1. The Morgan fingerprint density at radius 3 is 2.41 bits per heavy atom. The van der Waals surface area contributed by atoms with E-state index in [9.17, 15) is 4.79 Å². The number of rotatable bonds is 1. The van der Waals surface area contributed by atoms with Crippen LogP contribution in [0.4, 0.5) is 0 Å². The molecule has 0 saturated carbocycles. The lowest BCUT2D eigenvalue weighted by atomic mass is 10.1. The highest BCUT2D eigenvalue weighted by Gasteiger charge is 2.31. The van der Waals surface area contributed by atoms with Crippen LogP contribution in [0, 0.1) is 0 Å². The molecule has 0 fully saturated rings. The molecule has 0 heterocycles. The molecule has 0 amide bonds. The fourth-order valence-electron chi connectivity index (χ4n) is 2.25. The van der Waals surface area contributed by atoms with Gasteiger partial charge in [-0.05, 0) is 17.7 Å². The lowest BCUT2D eigenvalue weighted by molar-refractivity contribution is 0.104. The van der Waals surface area contributed by atoms with Gasteiger partial charge in [-0.2, -0.15) is 0 Å². The van der Waals surface area contributed by atoms with Crippen molar-refractivity contribution in [2.45, 2.75) is 0 Å². The van der Waals surface area contributed by atoms with Crippen LogP contribution in [0.3, 0.4) is 0 Å². The number of methoxy groups -OCH3 is 1. The first-order valence-corrected chi connectivity index (χ1v) is 5.62. The number of halogens is 1. The van der Waals surface area contributed by atoms with Crippen molar-refractivity contribution < 1.29 is 9.53 Å². The molecular weight excluding hydrogens is 236 g/mol. The second-order valence-corrected chi connectivity index (χ2v) is 4.28. The summed E-state index contributed by atoms with van der Waals surface area (Å²) < 4.78 is 5.23. The van der Waals surface area contributed by atoms with Crippen molar-refractivity contribution in [2.75, 3.05) is 7.11 Å². The van der Waals surface area contributed by atoms with E-state index < -0.39 is 0 Å². The van der Waals surface area contributed by atoms with E-state index in [1.54, 1.807) is 19.2 Å². The van der Waals surface area contributed by atoms with Crippen LogP contribution in [-0.4, -0.2) is 12.9 Å². The Hall–Kier alpha value is -1.80. The average Bonchev–Trinajstić information content (AvgIpc) is 2.66. The van der Waals surface area contributed by atoms with Crippen LogP contribution < -0.4 is 4.74 Å². The van der Waals surface area contributed by atoms with Crippen LogP contribution in [0.25, 0.3) is 11.1 Å². The van der Waals surface area contributed by atoms with Gasteiger partial charge in [-0.25, -0.2) is 0 Å². The van der Waals surface area contributed by atoms with E-state index in [2.05, 4.69) is 0 Å². The lowest BCUT2D eigenvalue weighted by Crippen LogP contribution is -1.98. The molecule has 1 aliphatic rings. The first-order valence-electron chi connectivity index (χ1n) is 5.24. The zero-order chi connectivity index (χ0) is 12.0. The lowest BCUT2D eigenvalue weighted by Gasteiger charge is -2.07. The summed E-state index contributed by atoms with van der Waals surface area (Å²) in [7, 11) is 1.56. The molecule has 84 valence electrons. The van der Waals surface area contributed by atoms with Crippen molar-refractivity contribution in [3.8, 4) is 16.9 Å². The van der Waals surface area contributed by atoms with Gasteiger partial charge in [0.1, 0.15) is 5.75 Å². The minimum atomic E-state index is -0.0186. The minimum absolute atomic E-state index is 0.0186. The van der Waals surface area contributed by atoms with Crippen molar-refractivity contribution in [3.63, 3.8) is 0 Å². The molecule has 2 aromatic rings. The standard InChI is InChI=1S/C14H9ClO2/c1-17-11-7-6-10(15)12-8-4-2-3-5-9(8)14(16)13(11)12/h2-7H,1H3. The quantitative estimate of drug-likeness (QED) is 0.654. The molecule has 17 heavy (non-hydrogen) atoms. The van der Waals surface area contributed by atoms with Gasteiger partial charge in [-0.3, -0.25) is 4.79 Å². The maximum Gasteiger partial charge on any atom is 0.198 e. The summed E-state index contributed by atoms with van der Waals surface area (Å²) >= 11 is 6.18. The summed E-state index contributed by atoms with van der Waals surface area (Å²) in [4.78, 5) is 12.3. The van der Waals surface area contributed by atoms with E-state index in [1.165, 1.54) is 0 Å². The fraction of sp³-hybridized carbons (Fsp3) is 0.0714. The van der Waals surface area contributed by atoms with Crippen LogP contribution in [0.5, 0.6) is 5.75 Å². The molecule has 0 N–H and O–H groups in total. The Balaban J connectivity index is 2.42. The average molecular weight is 245 g/mol. The molecule has 2 aromatic carbocycles. The molecule has 0 unspecified atom stereocenters. The normalized spacial score (nSPS) is 12.2. The summed E-state index contributed by atoms with van der Waals surface area (Å²) in [6.07, 6.45) is 0. The topological polar surface area (TPSA) is 26.3 Å². The number of ether oxygens (including phenoxy) is 1. The Morgan fingerprint density at radius 1 is 1.00 bits per heavy atom. The molecule has 0 saturated heterocycles. The number of benzene rings is 2. The molecule has 0 radical (unpaired) electrons. The van der Waals surface area contributed by atoms with E-state index in [1.807, 2.05) is 24.3 Å². The zero-order valence-electron chi connectivity index (χ0n) is 9.16. The number of hydrogen-bond acceptors (Lipinski definition) is 2. The van der Waals surface area contributed by atoms with E-state index >= 15 is 0 Å². The molecule has 0 spiro atoms. The molecule has 1 aliphatic carbocycles. The highest BCUT2D eigenvalue weighted by molar-refractivity contribution is 6.37. The predicted molar refractivity (Wildman–Crippen MR) is 66.9 cm³/mol. The Labute approximate surface area is 104 Å². The largest absolute Gasteiger partial charge is 0.496 e. The van der Waals surface area contributed by atoms with Crippen molar-refractivity contribution in [2.24, 2.45) is 0 Å². The predicted octanol–water partition coefficient (Wildman–Crippen LogP) is 3.56. The van der Waals surface area contributed by atoms with Crippen LogP contribution in [-0.2, 0) is 0 Å². The Kier molecular flexibility index (Phi) is 2.20. The number of carbonyl (C=O) groups is 1. The first kappa shape index (κ1) is 10.4. The van der Waals surface area contributed by atoms with Gasteiger partial charge in [0.2, 0.25) is 0 Å². The molecule has 0 aliphatic heterocycles. The molecule has 3 heteroatoms. The van der Waals surface area contributed by atoms with Gasteiger partial charge in [0.25, 0.3) is 0 Å². The van der Waals surface area contributed by atoms with Gasteiger partial charge in [-0.15, -0.1) is 0 Å². The van der Waals surface area contributed by atoms with Gasteiger partial charge < -0.3 is 4.74 Å². The molecule has 0 aromatic heterocycles. The third-order valence-corrected chi connectivity index (χ3v) is 3.32. The smallest absolute Gasteiger partial charge is 0.198 e. The summed E-state index contributed by atoms with van der Waals surface area (Å²) in [6.45, 7) is 0. The number of ketones is 1. The van der Waals surface area contributed by atoms with Gasteiger partial charge >= 0.3 is 0 Å². The van der Waals surface area contributed by atoms with Crippen LogP contribution >= 0.6 is 11.6 Å². The molecule has 0 atom stereocenters. The first-order chi connectivity index (χ1) is 8.24. The van der Waals surface area contributed by atoms with E-state index in [4.69, 9.17) is 16.3 Å². The number of fused-ring (bicyclic) bond motifs is 3. The maximum absolute atomic E-state index is 12.3. The molecule has 3 rings (SSSR count). The van der Waals surface area contributed by atoms with Gasteiger partial charge in [0.15, 0.2) is 5.78 Å². The fourth-order valence-corrected chi connectivity index (χ4v) is 2.51. The van der Waals surface area contributed by atoms with E-state index in [0.717, 1.165) is 11.1 Å². The summed E-state index contributed by atoms with van der Waals surface area (Å²) in [6, 6.07) is 11.0. The monoisotopic (exact) mass is 244 g/mol. The summed E-state index contributed by atoms with van der Waals surface area (Å²) in [5, 5.41) is 0.583. The van der Waals surface area contributed by atoms with Crippen molar-refractivity contribution >= 4 is 17.4 Å². The summed E-state index contributed by atoms with van der Waals surface area (Å²) in [5.74, 6) is 0.556. The SMILES string of the molecule is COc1ccc(Cl)c2c1C(=O)c1ccccc1-2. The van der Waals surface area contributed by atoms with Crippen LogP contribution in [0.2, 0.25) is 5.02 Å². The third-order valence-electron chi connectivity index (χ3n) is 3.00. The van der Waals surface area contributed by atoms with Crippen LogP contribution in [0.15, 0.2) is 36.4 Å². The van der Waals surface area contributed by atoms with Gasteiger partial charge in [-0.1, -0.05) is 35.9 Å². The minimum Gasteiger partial charge on any atom is -0.496 e. The van der Waals surface area contributed by atoms with E-state index in [-0.39, 0.29) is 5.78 Å². The maximum atomic E-state index is 12.3. The van der Waals surface area contributed by atoms with Crippen molar-refractivity contribution in [1.29, 1.82) is 0 Å². The highest BCUT2D eigenvalue weighted by Crippen LogP contribution is 2.44. The molecule has 2 nitrogen and oxygen atoms in total. The Bertz CT molecular complexity index is 632. The van der Waals surface area contributed by atoms with E-state index in [0.29, 0.717) is 21.9 Å². The van der Waals surface area contributed by atoms with Crippen LogP contribution in [0.1, 0.15) is 15.9 Å². The zero-order valence-corrected chi connectivity index (χ0v) is 9.91. The van der Waals surface area contributed by atoms with Crippen molar-refractivity contribution in [1.82, 2.24) is 0 Å². The summed E-state index contributed by atoms with van der Waals surface area (Å²) in [5.41, 5.74) is 2.93. The Morgan fingerprint density at radius 2 is 1.71 bits per heavy atom. The molecule has 0 bridgehead atoms. The molecular formula is C14H9ClO2. The second kappa shape index (κ2) is 3.60. The second-order valence-electron chi connectivity index (χ2n) is 3.87. The van der Waals surface area contributed by atoms with Gasteiger partial charge in [0.05, 0.1) is 12.7 Å².